The Morgan fingerprint density at radius 3 is 2.25 bits per heavy atom. The zero-order valence-electron chi connectivity index (χ0n) is 11.8. The highest BCUT2D eigenvalue weighted by Crippen LogP contribution is 2.08. The zero-order valence-corrected chi connectivity index (χ0v) is 11.8. The number of carboxylic acids is 2. The van der Waals surface area contributed by atoms with Crippen LogP contribution in [0.2, 0.25) is 0 Å². The summed E-state index contributed by atoms with van der Waals surface area (Å²) in [6.07, 6.45) is 3.18. The maximum Gasteiger partial charge on any atom is 0.324 e. The molecule has 0 aromatic rings. The number of hydrogen-bond acceptors (Lipinski definition) is 6. The third-order valence-electron chi connectivity index (χ3n) is 2.94. The summed E-state index contributed by atoms with van der Waals surface area (Å²) >= 11 is 0. The summed E-state index contributed by atoms with van der Waals surface area (Å²) in [7, 11) is 0. The van der Waals surface area contributed by atoms with Crippen LogP contribution in [0.25, 0.3) is 0 Å². The van der Waals surface area contributed by atoms with E-state index in [0.717, 1.165) is 6.42 Å². The van der Waals surface area contributed by atoms with Gasteiger partial charge in [0.15, 0.2) is 0 Å². The van der Waals surface area contributed by atoms with Crippen molar-refractivity contribution in [1.29, 1.82) is 0 Å². The number of rotatable bonds is 12. The number of aliphatic carboxylic acids is 2. The van der Waals surface area contributed by atoms with Gasteiger partial charge in [0.25, 0.3) is 0 Å². The SMILES string of the molecule is CCCC[C@H](NN(O)[C@@H](CCCCN)C(=O)O)C(=O)O. The van der Waals surface area contributed by atoms with Crippen LogP contribution in [-0.4, -0.2) is 51.2 Å². The van der Waals surface area contributed by atoms with Crippen LogP contribution in [0.4, 0.5) is 0 Å². The molecule has 20 heavy (non-hydrogen) atoms. The van der Waals surface area contributed by atoms with Crippen LogP contribution >= 0.6 is 0 Å². The van der Waals surface area contributed by atoms with Crippen LogP contribution in [0.1, 0.15) is 45.4 Å². The molecule has 0 aromatic heterocycles. The fourth-order valence-electron chi connectivity index (χ4n) is 1.73. The Hall–Kier alpha value is -1.22. The van der Waals surface area contributed by atoms with E-state index < -0.39 is 24.0 Å². The molecule has 0 aliphatic heterocycles. The molecule has 8 heteroatoms. The summed E-state index contributed by atoms with van der Waals surface area (Å²) in [5.74, 6) is -2.33. The normalized spacial score (nSPS) is 14.2. The van der Waals surface area contributed by atoms with E-state index in [0.29, 0.717) is 37.4 Å². The highest BCUT2D eigenvalue weighted by molar-refractivity contribution is 5.74. The lowest BCUT2D eigenvalue weighted by Crippen LogP contribution is -2.53. The lowest BCUT2D eigenvalue weighted by Gasteiger charge is -2.26. The monoisotopic (exact) mass is 291 g/mol. The first kappa shape index (κ1) is 18.8. The molecule has 0 aliphatic carbocycles. The number of hydrogen-bond donors (Lipinski definition) is 5. The van der Waals surface area contributed by atoms with Crippen molar-refractivity contribution in [2.45, 2.75) is 57.5 Å². The molecule has 0 aromatic carbocycles. The Kier molecular flexibility index (Phi) is 9.91. The number of nitrogens with one attached hydrogen (secondary N) is 1. The summed E-state index contributed by atoms with van der Waals surface area (Å²) in [5, 5.41) is 28.2. The Bertz CT molecular complexity index is 301. The predicted molar refractivity (Wildman–Crippen MR) is 72.0 cm³/mol. The fourth-order valence-corrected chi connectivity index (χ4v) is 1.73. The first-order valence-corrected chi connectivity index (χ1v) is 6.84. The van der Waals surface area contributed by atoms with Gasteiger partial charge in [0, 0.05) is 0 Å². The molecule has 0 heterocycles. The van der Waals surface area contributed by atoms with Crippen molar-refractivity contribution >= 4 is 11.9 Å². The Labute approximate surface area is 118 Å². The Morgan fingerprint density at radius 1 is 1.15 bits per heavy atom. The number of unbranched alkanes of at least 4 members (excludes halogenated alkanes) is 2. The van der Waals surface area contributed by atoms with Gasteiger partial charge in [-0.2, -0.15) is 0 Å². The van der Waals surface area contributed by atoms with E-state index in [-0.39, 0.29) is 6.42 Å². The molecule has 0 unspecified atom stereocenters. The molecule has 0 aliphatic rings. The van der Waals surface area contributed by atoms with Gasteiger partial charge >= 0.3 is 11.9 Å². The van der Waals surface area contributed by atoms with Crippen molar-refractivity contribution in [3.05, 3.63) is 0 Å². The largest absolute Gasteiger partial charge is 0.480 e. The number of hydrazine groups is 1. The van der Waals surface area contributed by atoms with Crippen LogP contribution < -0.4 is 11.2 Å². The standard InChI is InChI=1S/C12H25N3O5/c1-2-3-6-9(11(16)17)14-15(20)10(12(18)19)7-4-5-8-13/h9-10,14,20H,2-8,13H2,1H3,(H,16,17)(H,18,19)/t9-,10-/m0/s1. The summed E-state index contributed by atoms with van der Waals surface area (Å²) in [6, 6.07) is -2.19. The fraction of sp³-hybridized carbons (Fsp3) is 0.833. The third kappa shape index (κ3) is 7.39. The molecule has 0 saturated carbocycles. The maximum atomic E-state index is 11.1. The molecule has 0 bridgehead atoms. The van der Waals surface area contributed by atoms with Crippen molar-refractivity contribution in [1.82, 2.24) is 10.6 Å². The summed E-state index contributed by atoms with van der Waals surface area (Å²) in [4.78, 5) is 22.1. The second kappa shape index (κ2) is 10.6. The van der Waals surface area contributed by atoms with E-state index in [2.05, 4.69) is 5.43 Å². The maximum absolute atomic E-state index is 11.1. The lowest BCUT2D eigenvalue weighted by molar-refractivity contribution is -0.200. The van der Waals surface area contributed by atoms with Crippen molar-refractivity contribution < 1.29 is 25.0 Å². The van der Waals surface area contributed by atoms with Gasteiger partial charge in [0.2, 0.25) is 0 Å². The molecule has 0 amide bonds. The van der Waals surface area contributed by atoms with Crippen LogP contribution in [0.15, 0.2) is 0 Å². The molecular weight excluding hydrogens is 266 g/mol. The van der Waals surface area contributed by atoms with Gasteiger partial charge in [0.05, 0.1) is 0 Å². The van der Waals surface area contributed by atoms with Gasteiger partial charge in [0.1, 0.15) is 12.1 Å². The number of carbonyl (C=O) groups is 2. The van der Waals surface area contributed by atoms with Crippen molar-refractivity contribution in [3.8, 4) is 0 Å². The molecular formula is C12H25N3O5. The first-order valence-electron chi connectivity index (χ1n) is 6.84. The quantitative estimate of drug-likeness (QED) is 0.257. The van der Waals surface area contributed by atoms with Crippen LogP contribution in [0.5, 0.6) is 0 Å². The van der Waals surface area contributed by atoms with E-state index in [1.807, 2.05) is 6.92 Å². The van der Waals surface area contributed by atoms with Crippen molar-refractivity contribution in [3.63, 3.8) is 0 Å². The zero-order chi connectivity index (χ0) is 15.5. The third-order valence-corrected chi connectivity index (χ3v) is 2.94. The minimum absolute atomic E-state index is 0.191. The highest BCUT2D eigenvalue weighted by atomic mass is 16.5. The van der Waals surface area contributed by atoms with E-state index in [4.69, 9.17) is 15.9 Å². The average molecular weight is 291 g/mol. The smallest absolute Gasteiger partial charge is 0.324 e. The highest BCUT2D eigenvalue weighted by Gasteiger charge is 2.28. The van der Waals surface area contributed by atoms with E-state index in [1.165, 1.54) is 0 Å². The predicted octanol–water partition coefficient (Wildman–Crippen LogP) is 0.408. The van der Waals surface area contributed by atoms with Crippen LogP contribution in [0, 0.1) is 0 Å². The molecule has 0 spiro atoms. The summed E-state index contributed by atoms with van der Waals surface area (Å²) in [6.45, 7) is 2.36. The topological polar surface area (TPSA) is 136 Å². The van der Waals surface area contributed by atoms with Gasteiger partial charge in [-0.1, -0.05) is 19.8 Å². The van der Waals surface area contributed by atoms with Gasteiger partial charge < -0.3 is 15.9 Å². The number of hydroxylamine groups is 1. The molecule has 0 radical (unpaired) electrons. The lowest BCUT2D eigenvalue weighted by atomic mass is 10.1. The second-order valence-electron chi connectivity index (χ2n) is 4.65. The molecule has 0 rings (SSSR count). The van der Waals surface area contributed by atoms with Crippen LogP contribution in [0.3, 0.4) is 0 Å². The van der Waals surface area contributed by atoms with E-state index in [9.17, 15) is 14.8 Å². The molecule has 8 nitrogen and oxygen atoms in total. The van der Waals surface area contributed by atoms with Gasteiger partial charge in [-0.25, -0.2) is 5.43 Å². The van der Waals surface area contributed by atoms with Crippen molar-refractivity contribution in [2.75, 3.05) is 6.54 Å². The molecule has 0 saturated heterocycles. The van der Waals surface area contributed by atoms with Crippen LogP contribution in [-0.2, 0) is 9.59 Å². The Morgan fingerprint density at radius 2 is 1.80 bits per heavy atom. The van der Waals surface area contributed by atoms with Crippen molar-refractivity contribution in [2.24, 2.45) is 5.73 Å². The second-order valence-corrected chi connectivity index (χ2v) is 4.65. The van der Waals surface area contributed by atoms with Gasteiger partial charge in [-0.15, -0.1) is 5.17 Å². The minimum atomic E-state index is -1.21. The molecule has 118 valence electrons. The van der Waals surface area contributed by atoms with Gasteiger partial charge in [-0.05, 0) is 32.2 Å². The number of nitrogens with two attached hydrogens (primary N) is 1. The molecule has 6 N–H and O–H groups in total. The summed E-state index contributed by atoms with van der Waals surface area (Å²) in [5.41, 5.74) is 7.66. The van der Waals surface area contributed by atoms with E-state index >= 15 is 0 Å². The number of nitrogens with zero attached hydrogens (tertiary/aromatic N) is 1. The summed E-state index contributed by atoms with van der Waals surface area (Å²) < 4.78 is 0. The van der Waals surface area contributed by atoms with Gasteiger partial charge in [-0.3, -0.25) is 14.8 Å². The van der Waals surface area contributed by atoms with E-state index in [1.54, 1.807) is 0 Å². The number of carboxylic acid groups (broad SMARTS) is 2. The first-order chi connectivity index (χ1) is 9.43. The molecule has 2 atom stereocenters. The average Bonchev–Trinajstić information content (AvgIpc) is 2.38. The molecule has 0 fully saturated rings. The minimum Gasteiger partial charge on any atom is -0.480 e. The Balaban J connectivity index is 4.49.